The van der Waals surface area contributed by atoms with Gasteiger partial charge >= 0.3 is 6.02 Å². The number of para-hydroxylation sites is 1. The van der Waals surface area contributed by atoms with Crippen molar-refractivity contribution in [1.82, 2.24) is 10.4 Å². The summed E-state index contributed by atoms with van der Waals surface area (Å²) in [5.74, 6) is 6.12. The fraction of sp³-hybridized carbons (Fsp3) is 0. The van der Waals surface area contributed by atoms with Gasteiger partial charge in [0, 0.05) is 0 Å². The Balaban J connectivity index is 1.90. The van der Waals surface area contributed by atoms with Gasteiger partial charge in [0.2, 0.25) is 0 Å². The molecule has 0 unspecified atom stereocenters. The maximum Gasteiger partial charge on any atom is 0.310 e. The number of fused-ring (bicyclic) bond motifs is 1. The molecule has 2 aromatic carbocycles. The van der Waals surface area contributed by atoms with Crippen LogP contribution in [0.25, 0.3) is 10.2 Å². The Bertz CT molecular complexity index is 839. The number of hydrogen-bond donors (Lipinski definition) is 3. The Labute approximate surface area is 130 Å². The number of H-pyrrole nitrogens is 1. The van der Waals surface area contributed by atoms with Gasteiger partial charge in [-0.05, 0) is 42.5 Å². The summed E-state index contributed by atoms with van der Waals surface area (Å²) in [6.45, 7) is 0. The summed E-state index contributed by atoms with van der Waals surface area (Å²) in [5, 5.41) is 0. The molecule has 0 fully saturated rings. The molecule has 0 bridgehead atoms. The summed E-state index contributed by atoms with van der Waals surface area (Å²) in [7, 11) is 0. The number of aromatic amines is 1. The van der Waals surface area contributed by atoms with Gasteiger partial charge in [-0.25, -0.2) is 5.84 Å². The van der Waals surface area contributed by atoms with Crippen LogP contribution in [0.5, 0.6) is 5.75 Å². The molecule has 0 radical (unpaired) electrons. The van der Waals surface area contributed by atoms with Crippen LogP contribution in [0, 0.1) is 3.95 Å². The molecule has 3 rings (SSSR count). The van der Waals surface area contributed by atoms with Gasteiger partial charge in [0.25, 0.3) is 0 Å². The lowest BCUT2D eigenvalue weighted by Crippen LogP contribution is -2.34. The van der Waals surface area contributed by atoms with Gasteiger partial charge in [0.15, 0.2) is 3.95 Å². The van der Waals surface area contributed by atoms with Crippen molar-refractivity contribution in [3.8, 4) is 5.75 Å². The van der Waals surface area contributed by atoms with Crippen LogP contribution < -0.4 is 16.0 Å². The van der Waals surface area contributed by atoms with Gasteiger partial charge in [-0.3, -0.25) is 5.43 Å². The van der Waals surface area contributed by atoms with E-state index >= 15 is 0 Å². The fourth-order valence-electron chi connectivity index (χ4n) is 1.81. The van der Waals surface area contributed by atoms with Gasteiger partial charge in [0.1, 0.15) is 5.75 Å². The predicted molar refractivity (Wildman–Crippen MR) is 88.5 cm³/mol. The lowest BCUT2D eigenvalue weighted by molar-refractivity contribution is 0.519. The molecule has 21 heavy (non-hydrogen) atoms. The first kappa shape index (κ1) is 13.7. The van der Waals surface area contributed by atoms with E-state index in [1.807, 2.05) is 48.5 Å². The number of hydrazine groups is 1. The van der Waals surface area contributed by atoms with Crippen LogP contribution in [0.15, 0.2) is 53.5 Å². The standard InChI is InChI=1S/C14H12N4OS2/c15-18-13(19-10-4-2-1-3-5-10)16-9-6-7-11-12(8-9)21-14(20)17-11/h1-8H,15H2,(H,16,18)(H,17,20). The Morgan fingerprint density at radius 3 is 2.81 bits per heavy atom. The first-order chi connectivity index (χ1) is 10.2. The number of aliphatic imine (C=N–C) groups is 1. The largest absolute Gasteiger partial charge is 0.425 e. The second kappa shape index (κ2) is 6.04. The minimum Gasteiger partial charge on any atom is -0.425 e. The molecule has 0 saturated heterocycles. The average molecular weight is 316 g/mol. The molecule has 106 valence electrons. The number of amidine groups is 1. The van der Waals surface area contributed by atoms with Crippen molar-refractivity contribution in [3.05, 3.63) is 52.5 Å². The van der Waals surface area contributed by atoms with Crippen LogP contribution >= 0.6 is 23.6 Å². The number of nitrogens with one attached hydrogen (secondary N) is 2. The molecule has 0 aliphatic rings. The Kier molecular flexibility index (Phi) is 3.96. The minimum absolute atomic E-state index is 0.222. The highest BCUT2D eigenvalue weighted by Crippen LogP contribution is 2.25. The highest BCUT2D eigenvalue weighted by atomic mass is 32.1. The van der Waals surface area contributed by atoms with Crippen LogP contribution in [0.2, 0.25) is 0 Å². The van der Waals surface area contributed by atoms with Crippen molar-refractivity contribution in [2.45, 2.75) is 0 Å². The zero-order valence-electron chi connectivity index (χ0n) is 10.9. The van der Waals surface area contributed by atoms with Crippen LogP contribution in [-0.4, -0.2) is 11.0 Å². The molecule has 1 aromatic heterocycles. The fourth-order valence-corrected chi connectivity index (χ4v) is 2.95. The van der Waals surface area contributed by atoms with Gasteiger partial charge in [-0.1, -0.05) is 18.2 Å². The summed E-state index contributed by atoms with van der Waals surface area (Å²) in [5.41, 5.74) is 4.18. The molecule has 1 heterocycles. The number of ether oxygens (including phenoxy) is 1. The Morgan fingerprint density at radius 1 is 1.24 bits per heavy atom. The molecule has 0 amide bonds. The second-order valence-corrected chi connectivity index (χ2v) is 5.89. The maximum atomic E-state index is 5.57. The van der Waals surface area contributed by atoms with Gasteiger partial charge < -0.3 is 9.72 Å². The lowest BCUT2D eigenvalue weighted by Gasteiger charge is -2.07. The van der Waals surface area contributed by atoms with E-state index < -0.39 is 0 Å². The van der Waals surface area contributed by atoms with E-state index in [0.29, 0.717) is 5.75 Å². The summed E-state index contributed by atoms with van der Waals surface area (Å²) in [6, 6.07) is 15.3. The van der Waals surface area contributed by atoms with E-state index in [1.165, 1.54) is 11.3 Å². The highest BCUT2D eigenvalue weighted by Gasteiger charge is 2.03. The van der Waals surface area contributed by atoms with Crippen molar-refractivity contribution in [2.75, 3.05) is 0 Å². The number of nitrogens with two attached hydrogens (primary N) is 1. The van der Waals surface area contributed by atoms with E-state index in [1.54, 1.807) is 0 Å². The number of rotatable bonds is 2. The Hall–Kier alpha value is -2.22. The monoisotopic (exact) mass is 316 g/mol. The molecule has 5 nitrogen and oxygen atoms in total. The van der Waals surface area contributed by atoms with Crippen molar-refractivity contribution in [3.63, 3.8) is 0 Å². The van der Waals surface area contributed by atoms with Crippen molar-refractivity contribution in [1.29, 1.82) is 0 Å². The molecule has 4 N–H and O–H groups in total. The lowest BCUT2D eigenvalue weighted by atomic mass is 10.3. The predicted octanol–water partition coefficient (Wildman–Crippen LogP) is 3.49. The molecule has 7 heteroatoms. The zero-order valence-corrected chi connectivity index (χ0v) is 12.5. The number of thiazole rings is 1. The van der Waals surface area contributed by atoms with Crippen molar-refractivity contribution >= 4 is 45.5 Å². The average Bonchev–Trinajstić information content (AvgIpc) is 2.87. The molecule has 0 saturated carbocycles. The van der Waals surface area contributed by atoms with Crippen LogP contribution in [0.4, 0.5) is 5.69 Å². The van der Waals surface area contributed by atoms with E-state index in [-0.39, 0.29) is 6.02 Å². The first-order valence-corrected chi connectivity index (χ1v) is 7.38. The first-order valence-electron chi connectivity index (χ1n) is 6.16. The van der Waals surface area contributed by atoms with Crippen molar-refractivity contribution in [2.24, 2.45) is 10.8 Å². The normalized spacial score (nSPS) is 11.6. The van der Waals surface area contributed by atoms with Crippen LogP contribution in [0.3, 0.4) is 0 Å². The topological polar surface area (TPSA) is 75.4 Å². The summed E-state index contributed by atoms with van der Waals surface area (Å²) in [6.07, 6.45) is 0. The number of benzene rings is 2. The van der Waals surface area contributed by atoms with Gasteiger partial charge in [0.05, 0.1) is 15.9 Å². The summed E-state index contributed by atoms with van der Waals surface area (Å²) < 4.78 is 7.35. The molecule has 0 spiro atoms. The minimum atomic E-state index is 0.222. The highest BCUT2D eigenvalue weighted by molar-refractivity contribution is 7.73. The third-order valence-corrected chi connectivity index (χ3v) is 3.91. The number of aromatic nitrogens is 1. The molecular weight excluding hydrogens is 304 g/mol. The zero-order chi connectivity index (χ0) is 14.7. The van der Waals surface area contributed by atoms with Gasteiger partial charge in [-0.15, -0.1) is 11.3 Å². The molecule has 3 aromatic rings. The second-order valence-electron chi connectivity index (χ2n) is 4.17. The SMILES string of the molecule is NNC(=Nc1ccc2[nH]c(=S)sc2c1)Oc1ccccc1. The molecule has 0 aliphatic carbocycles. The molecule has 0 aliphatic heterocycles. The van der Waals surface area contributed by atoms with Gasteiger partial charge in [-0.2, -0.15) is 4.99 Å². The van der Waals surface area contributed by atoms with E-state index in [4.69, 9.17) is 22.8 Å². The third kappa shape index (κ3) is 3.27. The van der Waals surface area contributed by atoms with E-state index in [2.05, 4.69) is 15.4 Å². The third-order valence-electron chi connectivity index (χ3n) is 2.72. The number of hydrogen-bond acceptors (Lipinski definition) is 5. The molecule has 0 atom stereocenters. The van der Waals surface area contributed by atoms with Crippen LogP contribution in [-0.2, 0) is 0 Å². The van der Waals surface area contributed by atoms with E-state index in [0.717, 1.165) is 19.9 Å². The number of nitrogens with zero attached hydrogens (tertiary/aromatic N) is 1. The van der Waals surface area contributed by atoms with Crippen LogP contribution in [0.1, 0.15) is 0 Å². The maximum absolute atomic E-state index is 5.57. The summed E-state index contributed by atoms with van der Waals surface area (Å²) in [4.78, 5) is 7.45. The Morgan fingerprint density at radius 2 is 2.05 bits per heavy atom. The van der Waals surface area contributed by atoms with E-state index in [9.17, 15) is 0 Å². The van der Waals surface area contributed by atoms with Crippen molar-refractivity contribution < 1.29 is 4.74 Å². The smallest absolute Gasteiger partial charge is 0.310 e. The quantitative estimate of drug-likeness (QED) is 0.222. The molecular formula is C14H12N4OS2. The summed E-state index contributed by atoms with van der Waals surface area (Å²) >= 11 is 6.63.